The first-order valence-corrected chi connectivity index (χ1v) is 8.44. The summed E-state index contributed by atoms with van der Waals surface area (Å²) in [6, 6.07) is 4.92. The van der Waals surface area contributed by atoms with Gasteiger partial charge in [-0.1, -0.05) is 22.9 Å². The summed E-state index contributed by atoms with van der Waals surface area (Å²) in [5.41, 5.74) is 0.345. The Kier molecular flexibility index (Phi) is 5.44. The summed E-state index contributed by atoms with van der Waals surface area (Å²) in [6.07, 6.45) is 3.99. The molecular weight excluding hydrogens is 333 g/mol. The molecule has 0 spiro atoms. The summed E-state index contributed by atoms with van der Waals surface area (Å²) >= 11 is 3.37. The third-order valence-electron chi connectivity index (χ3n) is 5.07. The first-order valence-electron chi connectivity index (χ1n) is 7.64. The molecular formula is C17H25BrFNO. The van der Waals surface area contributed by atoms with Gasteiger partial charge in [0, 0.05) is 16.4 Å². The molecule has 0 heterocycles. The van der Waals surface area contributed by atoms with E-state index in [2.05, 4.69) is 27.8 Å². The summed E-state index contributed by atoms with van der Waals surface area (Å²) < 4.78 is 14.8. The minimum Gasteiger partial charge on any atom is -0.391 e. The third kappa shape index (κ3) is 3.66. The lowest BCUT2D eigenvalue weighted by Gasteiger charge is -2.47. The maximum atomic E-state index is 13.9. The van der Waals surface area contributed by atoms with Crippen LogP contribution in [0.25, 0.3) is 0 Å². The van der Waals surface area contributed by atoms with Gasteiger partial charge in [0.1, 0.15) is 5.82 Å². The van der Waals surface area contributed by atoms with Gasteiger partial charge in [0.2, 0.25) is 0 Å². The fraction of sp³-hybridized carbons (Fsp3) is 0.647. The van der Waals surface area contributed by atoms with E-state index in [1.807, 2.05) is 14.1 Å². The van der Waals surface area contributed by atoms with E-state index < -0.39 is 6.10 Å². The lowest BCUT2D eigenvalue weighted by molar-refractivity contribution is -0.0385. The highest BCUT2D eigenvalue weighted by molar-refractivity contribution is 9.10. The zero-order valence-corrected chi connectivity index (χ0v) is 14.7. The van der Waals surface area contributed by atoms with Gasteiger partial charge in [-0.15, -0.1) is 0 Å². The number of aliphatic hydroxyl groups excluding tert-OH is 1. The van der Waals surface area contributed by atoms with Crippen molar-refractivity contribution in [3.05, 3.63) is 34.1 Å². The zero-order valence-electron chi connectivity index (χ0n) is 13.1. The van der Waals surface area contributed by atoms with Gasteiger partial charge >= 0.3 is 0 Å². The van der Waals surface area contributed by atoms with Gasteiger partial charge in [-0.05, 0) is 69.5 Å². The molecule has 21 heavy (non-hydrogen) atoms. The van der Waals surface area contributed by atoms with Gasteiger partial charge in [0.15, 0.2) is 0 Å². The lowest BCUT2D eigenvalue weighted by Crippen LogP contribution is -2.56. The molecule has 1 aromatic rings. The predicted octanol–water partition coefficient (Wildman–Crippen LogP) is 4.00. The van der Waals surface area contributed by atoms with Gasteiger partial charge < -0.3 is 10.0 Å². The Morgan fingerprint density at radius 1 is 1.38 bits per heavy atom. The molecule has 0 bridgehead atoms. The van der Waals surface area contributed by atoms with Crippen LogP contribution in [0.4, 0.5) is 4.39 Å². The molecule has 0 saturated heterocycles. The van der Waals surface area contributed by atoms with E-state index in [1.54, 1.807) is 12.1 Å². The van der Waals surface area contributed by atoms with E-state index in [1.165, 1.54) is 6.07 Å². The van der Waals surface area contributed by atoms with Crippen LogP contribution >= 0.6 is 15.9 Å². The highest BCUT2D eigenvalue weighted by Gasteiger charge is 2.42. The van der Waals surface area contributed by atoms with Crippen LogP contribution in [0.2, 0.25) is 0 Å². The Balaban J connectivity index is 2.19. The number of hydrogen-bond acceptors (Lipinski definition) is 2. The van der Waals surface area contributed by atoms with Crippen molar-refractivity contribution in [2.45, 2.75) is 50.7 Å². The van der Waals surface area contributed by atoms with Crippen molar-refractivity contribution in [2.75, 3.05) is 14.1 Å². The summed E-state index contributed by atoms with van der Waals surface area (Å²) in [5.74, 6) is 0.475. The average Bonchev–Trinajstić information content (AvgIpc) is 2.43. The zero-order chi connectivity index (χ0) is 15.6. The Labute approximate surface area is 135 Å². The monoisotopic (exact) mass is 357 g/mol. The molecule has 1 fully saturated rings. The van der Waals surface area contributed by atoms with Crippen molar-refractivity contribution < 1.29 is 9.50 Å². The van der Waals surface area contributed by atoms with E-state index in [0.29, 0.717) is 17.9 Å². The summed E-state index contributed by atoms with van der Waals surface area (Å²) in [6.45, 7) is 2.26. The van der Waals surface area contributed by atoms with Crippen LogP contribution in [0.15, 0.2) is 22.7 Å². The molecule has 1 saturated carbocycles. The normalized spacial score (nSPS) is 27.9. The molecule has 118 valence electrons. The van der Waals surface area contributed by atoms with Crippen LogP contribution in [0.5, 0.6) is 0 Å². The molecule has 0 aromatic heterocycles. The number of hydrogen-bond donors (Lipinski definition) is 1. The molecule has 0 radical (unpaired) electrons. The van der Waals surface area contributed by atoms with Crippen LogP contribution in [0.3, 0.4) is 0 Å². The number of halogens is 2. The van der Waals surface area contributed by atoms with Gasteiger partial charge in [-0.3, -0.25) is 0 Å². The molecule has 0 aliphatic heterocycles. The lowest BCUT2D eigenvalue weighted by atomic mass is 9.72. The quantitative estimate of drug-likeness (QED) is 0.879. The maximum Gasteiger partial charge on any atom is 0.126 e. The smallest absolute Gasteiger partial charge is 0.126 e. The summed E-state index contributed by atoms with van der Waals surface area (Å²) in [5, 5.41) is 10.8. The third-order valence-corrected chi connectivity index (χ3v) is 5.57. The van der Waals surface area contributed by atoms with Crippen LogP contribution in [0.1, 0.15) is 38.2 Å². The highest BCUT2D eigenvalue weighted by atomic mass is 79.9. The second-order valence-corrected chi connectivity index (χ2v) is 7.55. The number of likely N-dealkylation sites (N-methyl/N-ethyl adjacent to an activating group) is 1. The Morgan fingerprint density at radius 2 is 2.00 bits per heavy atom. The first kappa shape index (κ1) is 16.9. The summed E-state index contributed by atoms with van der Waals surface area (Å²) in [7, 11) is 4.05. The summed E-state index contributed by atoms with van der Waals surface area (Å²) in [4.78, 5) is 2.14. The molecule has 4 heteroatoms. The van der Waals surface area contributed by atoms with E-state index in [0.717, 1.165) is 30.2 Å². The Bertz CT molecular complexity index is 484. The number of rotatable bonds is 4. The van der Waals surface area contributed by atoms with E-state index in [4.69, 9.17) is 0 Å². The van der Waals surface area contributed by atoms with Gasteiger partial charge in [0.05, 0.1) is 6.10 Å². The minimum absolute atomic E-state index is 0.235. The second kappa shape index (κ2) is 6.76. The predicted molar refractivity (Wildman–Crippen MR) is 87.9 cm³/mol. The van der Waals surface area contributed by atoms with Crippen LogP contribution in [0, 0.1) is 11.7 Å². The Hall–Kier alpha value is -0.450. The molecule has 2 nitrogen and oxygen atoms in total. The van der Waals surface area contributed by atoms with Crippen molar-refractivity contribution in [2.24, 2.45) is 5.92 Å². The van der Waals surface area contributed by atoms with E-state index >= 15 is 0 Å². The second-order valence-electron chi connectivity index (χ2n) is 6.64. The standard InChI is InChI=1S/C17H25BrFNO/c1-12-6-8-17(9-7-12,20(2)3)16(21)11-13-10-14(18)4-5-15(13)19/h4-5,10,12,16,21H,6-9,11H2,1-3H3. The molecule has 1 N–H and O–H groups in total. The van der Waals surface area contributed by atoms with E-state index in [9.17, 15) is 9.50 Å². The number of aliphatic hydroxyl groups is 1. The molecule has 0 amide bonds. The first-order chi connectivity index (χ1) is 9.85. The minimum atomic E-state index is -0.552. The van der Waals surface area contributed by atoms with Crippen LogP contribution in [-0.2, 0) is 6.42 Å². The van der Waals surface area contributed by atoms with Crippen LogP contribution < -0.4 is 0 Å². The molecule has 1 unspecified atom stereocenters. The van der Waals surface area contributed by atoms with Gasteiger partial charge in [0.25, 0.3) is 0 Å². The molecule has 2 rings (SSSR count). The molecule has 1 aliphatic carbocycles. The van der Waals surface area contributed by atoms with Crippen molar-refractivity contribution >= 4 is 15.9 Å². The molecule has 1 aliphatic rings. The topological polar surface area (TPSA) is 23.5 Å². The number of benzene rings is 1. The van der Waals surface area contributed by atoms with Gasteiger partial charge in [-0.25, -0.2) is 4.39 Å². The van der Waals surface area contributed by atoms with Crippen LogP contribution in [-0.4, -0.2) is 35.7 Å². The fourth-order valence-electron chi connectivity index (χ4n) is 3.44. The molecule has 1 atom stereocenters. The van der Waals surface area contributed by atoms with Gasteiger partial charge in [-0.2, -0.15) is 0 Å². The van der Waals surface area contributed by atoms with Crippen molar-refractivity contribution in [3.8, 4) is 0 Å². The maximum absolute atomic E-state index is 13.9. The Morgan fingerprint density at radius 3 is 2.57 bits per heavy atom. The molecule has 1 aromatic carbocycles. The van der Waals surface area contributed by atoms with Crippen molar-refractivity contribution in [1.82, 2.24) is 4.90 Å². The van der Waals surface area contributed by atoms with Crippen molar-refractivity contribution in [1.29, 1.82) is 0 Å². The number of nitrogens with zero attached hydrogens (tertiary/aromatic N) is 1. The fourth-order valence-corrected chi connectivity index (χ4v) is 3.85. The highest BCUT2D eigenvalue weighted by Crippen LogP contribution is 2.39. The average molecular weight is 358 g/mol. The van der Waals surface area contributed by atoms with Crippen molar-refractivity contribution in [3.63, 3.8) is 0 Å². The largest absolute Gasteiger partial charge is 0.391 e. The SMILES string of the molecule is CC1CCC(C(O)Cc2cc(Br)ccc2F)(N(C)C)CC1. The van der Waals surface area contributed by atoms with E-state index in [-0.39, 0.29) is 11.4 Å².